The number of rotatable bonds is 16. The summed E-state index contributed by atoms with van der Waals surface area (Å²) in [6.07, 6.45) is 1.02. The summed E-state index contributed by atoms with van der Waals surface area (Å²) in [6.45, 7) is -1.94. The maximum atomic E-state index is 15.4. The number of carbonyl (C=O) groups is 6. The second kappa shape index (κ2) is 20.1. The normalized spacial score (nSPS) is 15.9. The second-order valence-corrected chi connectivity index (χ2v) is 13.5. The second-order valence-electron chi connectivity index (χ2n) is 13.5. The first-order valence-corrected chi connectivity index (χ1v) is 18.9. The quantitative estimate of drug-likeness (QED) is 0.105. The van der Waals surface area contributed by atoms with Crippen LogP contribution in [-0.4, -0.2) is 66.8 Å². The van der Waals surface area contributed by atoms with E-state index in [9.17, 15) is 24.0 Å². The molecule has 6 rings (SSSR count). The largest absolute Gasteiger partial charge is 0.460 e. The molecule has 0 unspecified atom stereocenters. The monoisotopic (exact) mass is 793 g/mol. The summed E-state index contributed by atoms with van der Waals surface area (Å²) in [6, 6.07) is 45.0. The van der Waals surface area contributed by atoms with Crippen molar-refractivity contribution in [1.29, 1.82) is 0 Å². The fourth-order valence-electron chi connectivity index (χ4n) is 6.65. The SMILES string of the molecule is O=C(CNC(=O)OCc1ccccc1)NCC(=O)N[C@@]1(c2ccccc2)C(=O)N(CC(=O)NCC(=O)OCc2ccccc2)C(c2ccccc2)=C[C@H]1c1ccccc1. The summed E-state index contributed by atoms with van der Waals surface area (Å²) in [5.74, 6) is -4.16. The van der Waals surface area contributed by atoms with Crippen molar-refractivity contribution in [3.05, 3.63) is 186 Å². The van der Waals surface area contributed by atoms with E-state index in [-0.39, 0.29) is 13.2 Å². The lowest BCUT2D eigenvalue weighted by Gasteiger charge is -2.47. The van der Waals surface area contributed by atoms with Crippen LogP contribution >= 0.6 is 0 Å². The third-order valence-corrected chi connectivity index (χ3v) is 9.48. The zero-order valence-corrected chi connectivity index (χ0v) is 32.0. The Balaban J connectivity index is 1.24. The van der Waals surface area contributed by atoms with Crippen LogP contribution in [0.1, 0.15) is 33.7 Å². The van der Waals surface area contributed by atoms with Crippen molar-refractivity contribution in [1.82, 2.24) is 26.2 Å². The summed E-state index contributed by atoms with van der Waals surface area (Å²) < 4.78 is 10.5. The van der Waals surface area contributed by atoms with E-state index >= 15 is 4.79 Å². The van der Waals surface area contributed by atoms with E-state index in [2.05, 4.69) is 21.3 Å². The standard InChI is InChI=1S/C46H43N5O8/c52-40(27-49-45(57)59-32-34-18-8-2-9-19-34)47-28-41(53)50-46(37-24-14-5-15-25-37)38(35-20-10-3-11-21-35)26-39(36-22-12-4-13-23-36)51(44(46)56)30-42(54)48-29-43(55)58-31-33-16-6-1-7-17-33/h1-26,38H,27-32H2,(H,47,52)(H,48,54)(H,49,57)(H,50,53)/t38-,46+/m0/s1. The summed E-state index contributed by atoms with van der Waals surface area (Å²) in [5, 5.41) is 10.4. The van der Waals surface area contributed by atoms with E-state index in [1.807, 2.05) is 103 Å². The van der Waals surface area contributed by atoms with Crippen LogP contribution in [0.3, 0.4) is 0 Å². The van der Waals surface area contributed by atoms with Crippen molar-refractivity contribution in [3.63, 3.8) is 0 Å². The number of amides is 5. The van der Waals surface area contributed by atoms with Crippen LogP contribution in [-0.2, 0) is 52.2 Å². The average molecular weight is 794 g/mol. The highest BCUT2D eigenvalue weighted by molar-refractivity contribution is 6.03. The number of nitrogens with one attached hydrogen (secondary N) is 4. The van der Waals surface area contributed by atoms with Gasteiger partial charge in [0.2, 0.25) is 17.7 Å². The first kappa shape index (κ1) is 41.1. The van der Waals surface area contributed by atoms with Gasteiger partial charge in [-0.1, -0.05) is 152 Å². The molecule has 59 heavy (non-hydrogen) atoms. The fraction of sp³-hybridized carbons (Fsp3) is 0.174. The third kappa shape index (κ3) is 10.9. The minimum Gasteiger partial charge on any atom is -0.460 e. The Morgan fingerprint density at radius 2 is 1.07 bits per heavy atom. The minimum absolute atomic E-state index is 0.00921. The van der Waals surface area contributed by atoms with Crippen molar-refractivity contribution in [3.8, 4) is 0 Å². The first-order valence-electron chi connectivity index (χ1n) is 18.9. The van der Waals surface area contributed by atoms with Crippen molar-refractivity contribution < 1.29 is 38.2 Å². The maximum Gasteiger partial charge on any atom is 0.407 e. The topological polar surface area (TPSA) is 172 Å². The highest BCUT2D eigenvalue weighted by atomic mass is 16.5. The van der Waals surface area contributed by atoms with Gasteiger partial charge in [-0.05, 0) is 33.9 Å². The first-order chi connectivity index (χ1) is 28.7. The van der Waals surface area contributed by atoms with Crippen LogP contribution in [0.5, 0.6) is 0 Å². The molecular weight excluding hydrogens is 751 g/mol. The summed E-state index contributed by atoms with van der Waals surface area (Å²) in [4.78, 5) is 81.9. The van der Waals surface area contributed by atoms with E-state index in [0.29, 0.717) is 22.4 Å². The number of ether oxygens (including phenoxy) is 2. The van der Waals surface area contributed by atoms with Gasteiger partial charge in [-0.15, -0.1) is 0 Å². The molecule has 300 valence electrons. The molecule has 0 aromatic heterocycles. The smallest absolute Gasteiger partial charge is 0.407 e. The summed E-state index contributed by atoms with van der Waals surface area (Å²) >= 11 is 0. The van der Waals surface area contributed by atoms with E-state index in [1.54, 1.807) is 54.6 Å². The number of alkyl carbamates (subject to hydrolysis) is 1. The van der Waals surface area contributed by atoms with Crippen LogP contribution in [0.2, 0.25) is 0 Å². The number of hydrogen-bond donors (Lipinski definition) is 4. The lowest BCUT2D eigenvalue weighted by atomic mass is 9.70. The van der Waals surface area contributed by atoms with Gasteiger partial charge in [0, 0.05) is 11.6 Å². The van der Waals surface area contributed by atoms with Gasteiger partial charge in [-0.2, -0.15) is 0 Å². The molecule has 0 bridgehead atoms. The Morgan fingerprint density at radius 1 is 0.559 bits per heavy atom. The molecule has 0 saturated heterocycles. The van der Waals surface area contributed by atoms with Gasteiger partial charge in [0.05, 0.1) is 6.54 Å². The number of hydrogen-bond acceptors (Lipinski definition) is 8. The van der Waals surface area contributed by atoms with E-state index in [1.165, 1.54) is 4.90 Å². The average Bonchev–Trinajstić information content (AvgIpc) is 3.28. The molecule has 5 aromatic carbocycles. The third-order valence-electron chi connectivity index (χ3n) is 9.48. The molecule has 1 aliphatic rings. The molecule has 13 nitrogen and oxygen atoms in total. The Hall–Kier alpha value is -7.54. The molecule has 5 aromatic rings. The van der Waals surface area contributed by atoms with Crippen LogP contribution in [0, 0.1) is 0 Å². The Bertz CT molecular complexity index is 2260. The van der Waals surface area contributed by atoms with Crippen LogP contribution in [0.4, 0.5) is 4.79 Å². The summed E-state index contributed by atoms with van der Waals surface area (Å²) in [5.41, 5.74) is 1.86. The molecule has 4 N–H and O–H groups in total. The van der Waals surface area contributed by atoms with E-state index in [0.717, 1.165) is 11.1 Å². The maximum absolute atomic E-state index is 15.4. The van der Waals surface area contributed by atoms with Gasteiger partial charge in [-0.25, -0.2) is 4.79 Å². The van der Waals surface area contributed by atoms with Crippen molar-refractivity contribution >= 4 is 41.4 Å². The molecule has 1 heterocycles. The Morgan fingerprint density at radius 3 is 1.68 bits per heavy atom. The van der Waals surface area contributed by atoms with E-state index in [4.69, 9.17) is 9.47 Å². The molecule has 1 aliphatic heterocycles. The van der Waals surface area contributed by atoms with Gasteiger partial charge in [0.1, 0.15) is 32.8 Å². The molecule has 0 saturated carbocycles. The zero-order chi connectivity index (χ0) is 41.5. The van der Waals surface area contributed by atoms with Crippen molar-refractivity contribution in [2.24, 2.45) is 0 Å². The lowest BCUT2D eigenvalue weighted by molar-refractivity contribution is -0.146. The number of carbonyl (C=O) groups excluding carboxylic acids is 6. The number of benzene rings is 5. The van der Waals surface area contributed by atoms with Gasteiger partial charge in [-0.3, -0.25) is 24.0 Å². The van der Waals surface area contributed by atoms with E-state index < -0.39 is 73.3 Å². The Kier molecular flexibility index (Phi) is 14.0. The molecule has 5 amide bonds. The molecule has 2 atom stereocenters. The predicted octanol–water partition coefficient (Wildman–Crippen LogP) is 4.57. The molecule has 0 aliphatic carbocycles. The van der Waals surface area contributed by atoms with Gasteiger partial charge >= 0.3 is 12.1 Å². The lowest BCUT2D eigenvalue weighted by Crippen LogP contribution is -2.63. The summed E-state index contributed by atoms with van der Waals surface area (Å²) in [7, 11) is 0. The highest BCUT2D eigenvalue weighted by Crippen LogP contribution is 2.46. The fourth-order valence-corrected chi connectivity index (χ4v) is 6.65. The molecule has 0 spiro atoms. The van der Waals surface area contributed by atoms with Gasteiger partial charge in [0.25, 0.3) is 5.91 Å². The minimum atomic E-state index is -1.84. The predicted molar refractivity (Wildman–Crippen MR) is 218 cm³/mol. The van der Waals surface area contributed by atoms with Crippen molar-refractivity contribution in [2.45, 2.75) is 24.7 Å². The molecule has 0 fully saturated rings. The molecular formula is C46H43N5O8. The van der Waals surface area contributed by atoms with Crippen LogP contribution in [0.25, 0.3) is 5.70 Å². The van der Waals surface area contributed by atoms with Gasteiger partial charge in [0.15, 0.2) is 5.54 Å². The van der Waals surface area contributed by atoms with Crippen molar-refractivity contribution in [2.75, 3.05) is 26.2 Å². The van der Waals surface area contributed by atoms with Crippen LogP contribution < -0.4 is 21.3 Å². The molecule has 0 radical (unpaired) electrons. The molecule has 13 heteroatoms. The number of esters is 1. The highest BCUT2D eigenvalue weighted by Gasteiger charge is 2.54. The number of nitrogens with zero attached hydrogens (tertiary/aromatic N) is 1. The van der Waals surface area contributed by atoms with Gasteiger partial charge < -0.3 is 35.6 Å². The Labute approximate surface area is 341 Å². The van der Waals surface area contributed by atoms with Crippen LogP contribution in [0.15, 0.2) is 158 Å². The zero-order valence-electron chi connectivity index (χ0n) is 32.0.